The van der Waals surface area contributed by atoms with Crippen molar-refractivity contribution in [3.05, 3.63) is 84.5 Å². The van der Waals surface area contributed by atoms with Crippen LogP contribution in [0.1, 0.15) is 82.0 Å². The van der Waals surface area contributed by atoms with Gasteiger partial charge < -0.3 is 15.5 Å². The van der Waals surface area contributed by atoms with Gasteiger partial charge in [-0.1, -0.05) is 74.6 Å². The molecule has 0 heterocycles. The Morgan fingerprint density at radius 2 is 1.43 bits per heavy atom. The number of rotatable bonds is 19. The van der Waals surface area contributed by atoms with Crippen LogP contribution < -0.4 is 5.32 Å². The summed E-state index contributed by atoms with van der Waals surface area (Å²) in [6, 6.07) is 4.06. The number of phenols is 1. The Bertz CT molecular complexity index is 947. The summed E-state index contributed by atoms with van der Waals surface area (Å²) in [5.41, 5.74) is 0.145. The molecule has 37 heavy (non-hydrogen) atoms. The number of unbranched alkanes of at least 4 members (excludes halogenated alkanes) is 2. The predicted molar refractivity (Wildman–Crippen MR) is 159 cm³/mol. The van der Waals surface area contributed by atoms with Gasteiger partial charge in [-0.05, 0) is 81.7 Å². The second kappa shape index (κ2) is 21.1. The number of hydrogen-bond donors (Lipinski definition) is 3. The largest absolute Gasteiger partial charge is 0.507 e. The molecule has 0 radical (unpaired) electrons. The number of nitrogens with one attached hydrogen (secondary N) is 1. The first-order valence-corrected chi connectivity index (χ1v) is 14.3. The van der Waals surface area contributed by atoms with Crippen LogP contribution >= 0.6 is 11.8 Å². The van der Waals surface area contributed by atoms with Gasteiger partial charge >= 0.3 is 5.97 Å². The normalized spacial score (nSPS) is 13.0. The molecule has 0 aliphatic carbocycles. The molecule has 0 saturated carbocycles. The van der Waals surface area contributed by atoms with Crippen LogP contribution in [-0.4, -0.2) is 33.1 Å². The van der Waals surface area contributed by atoms with Crippen molar-refractivity contribution in [3.63, 3.8) is 0 Å². The number of thioether (sulfide) groups is 1. The molecule has 1 atom stereocenters. The Morgan fingerprint density at radius 1 is 0.865 bits per heavy atom. The van der Waals surface area contributed by atoms with E-state index >= 15 is 0 Å². The number of benzene rings is 1. The highest BCUT2D eigenvalue weighted by molar-refractivity contribution is 8.00. The Labute approximate surface area is 227 Å². The molecule has 5 nitrogen and oxygen atoms in total. The number of aromatic hydroxyl groups is 1. The second-order valence-electron chi connectivity index (χ2n) is 8.50. The third-order valence-electron chi connectivity index (χ3n) is 5.40. The Kier molecular flexibility index (Phi) is 18.3. The van der Waals surface area contributed by atoms with Crippen molar-refractivity contribution in [2.45, 2.75) is 76.9 Å². The lowest BCUT2D eigenvalue weighted by molar-refractivity contribution is -0.115. The summed E-state index contributed by atoms with van der Waals surface area (Å²) in [6.45, 7) is 4.11. The van der Waals surface area contributed by atoms with Crippen LogP contribution in [0.4, 0.5) is 5.69 Å². The van der Waals surface area contributed by atoms with Crippen LogP contribution in [0.5, 0.6) is 5.75 Å². The van der Waals surface area contributed by atoms with Crippen molar-refractivity contribution in [1.82, 2.24) is 0 Å². The Morgan fingerprint density at radius 3 is 1.97 bits per heavy atom. The van der Waals surface area contributed by atoms with Gasteiger partial charge in [0.05, 0.1) is 5.25 Å². The highest BCUT2D eigenvalue weighted by atomic mass is 32.2. The average Bonchev–Trinajstić information content (AvgIpc) is 2.88. The topological polar surface area (TPSA) is 86.6 Å². The summed E-state index contributed by atoms with van der Waals surface area (Å²) in [6.07, 6.45) is 30.9. The molecule has 1 aromatic rings. The van der Waals surface area contributed by atoms with E-state index in [1.165, 1.54) is 18.2 Å². The van der Waals surface area contributed by atoms with E-state index in [2.05, 4.69) is 73.0 Å². The van der Waals surface area contributed by atoms with E-state index in [1.807, 2.05) is 6.92 Å². The third kappa shape index (κ3) is 15.7. The average molecular weight is 526 g/mol. The number of carboxylic acids is 1. The number of carbonyl (C=O) groups excluding carboxylic acids is 1. The molecule has 1 rings (SSSR count). The lowest BCUT2D eigenvalue weighted by atomic mass is 10.1. The van der Waals surface area contributed by atoms with E-state index in [9.17, 15) is 14.7 Å². The number of allylic oxidation sites excluding steroid dienone is 10. The first-order valence-electron chi connectivity index (χ1n) is 13.2. The fourth-order valence-electron chi connectivity index (χ4n) is 3.35. The second-order valence-corrected chi connectivity index (χ2v) is 9.81. The van der Waals surface area contributed by atoms with Crippen LogP contribution in [0, 0.1) is 0 Å². The van der Waals surface area contributed by atoms with Crippen molar-refractivity contribution in [1.29, 1.82) is 0 Å². The zero-order valence-electron chi connectivity index (χ0n) is 22.3. The highest BCUT2D eigenvalue weighted by Gasteiger charge is 2.18. The molecule has 0 saturated heterocycles. The van der Waals surface area contributed by atoms with Gasteiger partial charge in [0.2, 0.25) is 5.91 Å². The van der Waals surface area contributed by atoms with E-state index in [0.717, 1.165) is 57.1 Å². The SMILES string of the molecule is CC/C=C\C/C=C\C/C=C\C/C=C\C/C=C\CCCCSC(CC)C(=O)Nc1ccc(O)c(C(=O)O)c1. The van der Waals surface area contributed by atoms with E-state index < -0.39 is 5.97 Å². The van der Waals surface area contributed by atoms with Crippen molar-refractivity contribution < 1.29 is 19.8 Å². The highest BCUT2D eigenvalue weighted by Crippen LogP contribution is 2.23. The van der Waals surface area contributed by atoms with Crippen LogP contribution in [0.3, 0.4) is 0 Å². The molecule has 202 valence electrons. The fraction of sp³-hybridized carbons (Fsp3) is 0.419. The maximum atomic E-state index is 12.6. The molecular formula is C31H43NO4S. The summed E-state index contributed by atoms with van der Waals surface area (Å²) in [5, 5.41) is 21.3. The van der Waals surface area contributed by atoms with E-state index in [4.69, 9.17) is 5.11 Å². The van der Waals surface area contributed by atoms with Gasteiger partial charge in [-0.25, -0.2) is 4.79 Å². The van der Waals surface area contributed by atoms with Gasteiger partial charge in [-0.15, -0.1) is 11.8 Å². The minimum atomic E-state index is -1.23. The molecule has 1 aromatic carbocycles. The molecule has 1 amide bonds. The molecule has 0 aromatic heterocycles. The summed E-state index contributed by atoms with van der Waals surface area (Å²) in [7, 11) is 0. The fourth-order valence-corrected chi connectivity index (χ4v) is 4.45. The molecule has 3 N–H and O–H groups in total. The van der Waals surface area contributed by atoms with E-state index in [0.29, 0.717) is 12.1 Å². The van der Waals surface area contributed by atoms with E-state index in [-0.39, 0.29) is 22.5 Å². The van der Waals surface area contributed by atoms with Crippen molar-refractivity contribution in [3.8, 4) is 5.75 Å². The Hall–Kier alpha value is -2.99. The first kappa shape index (κ1) is 32.0. The third-order valence-corrected chi connectivity index (χ3v) is 6.87. The molecule has 0 spiro atoms. The standard InChI is InChI=1S/C31H43NO4S/c1-3-5-6-7-8-9-10-11-12-13-14-15-16-17-18-19-20-21-24-37-29(4-2)30(34)32-26-22-23-28(33)27(25-26)31(35)36/h5-6,8-9,11-12,14-15,17-18,22-23,25,29,33H,3-4,7,10,13,16,19-21,24H2,1-2H3,(H,32,34)(H,35,36)/b6-5-,9-8-,12-11-,15-14-,18-17-. The maximum Gasteiger partial charge on any atom is 0.339 e. The summed E-state index contributed by atoms with van der Waals surface area (Å²) >= 11 is 1.62. The molecule has 6 heteroatoms. The summed E-state index contributed by atoms with van der Waals surface area (Å²) in [4.78, 5) is 23.7. The Balaban J connectivity index is 2.15. The van der Waals surface area contributed by atoms with Crippen molar-refractivity contribution in [2.24, 2.45) is 0 Å². The monoisotopic (exact) mass is 525 g/mol. The molecule has 0 fully saturated rings. The van der Waals surface area contributed by atoms with Crippen LogP contribution in [0.25, 0.3) is 0 Å². The van der Waals surface area contributed by atoms with Gasteiger partial charge in [0.1, 0.15) is 11.3 Å². The molecule has 0 aliphatic heterocycles. The lowest BCUT2D eigenvalue weighted by Crippen LogP contribution is -2.25. The number of anilines is 1. The van der Waals surface area contributed by atoms with Gasteiger partial charge in [-0.2, -0.15) is 0 Å². The number of carboxylic acid groups (broad SMARTS) is 1. The van der Waals surface area contributed by atoms with Gasteiger partial charge in [0.25, 0.3) is 0 Å². The molecule has 1 unspecified atom stereocenters. The van der Waals surface area contributed by atoms with Gasteiger partial charge in [0.15, 0.2) is 0 Å². The van der Waals surface area contributed by atoms with Gasteiger partial charge in [0, 0.05) is 5.69 Å². The van der Waals surface area contributed by atoms with Gasteiger partial charge in [-0.3, -0.25) is 4.79 Å². The van der Waals surface area contributed by atoms with Crippen LogP contribution in [0.2, 0.25) is 0 Å². The minimum Gasteiger partial charge on any atom is -0.507 e. The van der Waals surface area contributed by atoms with Crippen LogP contribution in [0.15, 0.2) is 79.0 Å². The van der Waals surface area contributed by atoms with Crippen LogP contribution in [-0.2, 0) is 4.79 Å². The molecule has 0 aliphatic rings. The van der Waals surface area contributed by atoms with Crippen molar-refractivity contribution in [2.75, 3.05) is 11.1 Å². The smallest absolute Gasteiger partial charge is 0.339 e. The first-order chi connectivity index (χ1) is 18.0. The van der Waals surface area contributed by atoms with E-state index in [1.54, 1.807) is 11.8 Å². The molecule has 0 bridgehead atoms. The molecular weight excluding hydrogens is 482 g/mol. The minimum absolute atomic E-state index is 0.146. The summed E-state index contributed by atoms with van der Waals surface area (Å²) < 4.78 is 0. The number of aromatic carboxylic acids is 1. The quantitative estimate of drug-likeness (QED) is 0.0958. The number of carbonyl (C=O) groups is 2. The zero-order chi connectivity index (χ0) is 27.1. The number of amides is 1. The summed E-state index contributed by atoms with van der Waals surface area (Å²) in [5.74, 6) is -0.804. The van der Waals surface area contributed by atoms with Crippen molar-refractivity contribution >= 4 is 29.3 Å². The predicted octanol–water partition coefficient (Wildman–Crippen LogP) is 8.46. The maximum absolute atomic E-state index is 12.6. The number of hydrogen-bond acceptors (Lipinski definition) is 4. The lowest BCUT2D eigenvalue weighted by Gasteiger charge is -2.15. The zero-order valence-corrected chi connectivity index (χ0v) is 23.1.